The van der Waals surface area contributed by atoms with Crippen molar-refractivity contribution >= 4 is 58.1 Å². The predicted octanol–water partition coefficient (Wildman–Crippen LogP) is -16.3. The standard InChI is InChI=1S/4AsH3O4.3Mo/c4*2-1(3,4)5;;;/h4*(H3,2,3,4,5);;;/q;;;;3*+4/p-12. The van der Waals surface area contributed by atoms with Gasteiger partial charge in [0.15, 0.2) is 0 Å². The van der Waals surface area contributed by atoms with E-state index in [1.165, 1.54) is 0 Å². The third-order valence-corrected chi connectivity index (χ3v) is 0. The smallest absolute Gasteiger partial charge is 4.00 e. The summed E-state index contributed by atoms with van der Waals surface area (Å²) < 4.78 is 138. The third kappa shape index (κ3) is 1450. The molecule has 0 saturated heterocycles. The Labute approximate surface area is 183 Å². The van der Waals surface area contributed by atoms with E-state index >= 15 is 0 Å². The van der Waals surface area contributed by atoms with Crippen molar-refractivity contribution in [3.63, 3.8) is 0 Å². The summed E-state index contributed by atoms with van der Waals surface area (Å²) >= 11 is -23.5. The molecule has 16 nitrogen and oxygen atoms in total. The summed E-state index contributed by atoms with van der Waals surface area (Å²) in [7, 11) is 0. The zero-order valence-electron chi connectivity index (χ0n) is 9.55. The van der Waals surface area contributed by atoms with Crippen molar-refractivity contribution in [1.29, 1.82) is 0 Å². The maximum atomic E-state index is 8.61. The minimum absolute atomic E-state index is 0. The molecule has 0 heterocycles. The van der Waals surface area contributed by atoms with Crippen molar-refractivity contribution < 1.29 is 127 Å². The van der Waals surface area contributed by atoms with Gasteiger partial charge in [0.25, 0.3) is 0 Å². The van der Waals surface area contributed by atoms with Gasteiger partial charge in [-0.15, -0.1) is 0 Å². The van der Waals surface area contributed by atoms with Gasteiger partial charge in [0.2, 0.25) is 0 Å². The fourth-order valence-electron chi connectivity index (χ4n) is 0. The van der Waals surface area contributed by atoms with E-state index in [1.807, 2.05) is 0 Å². The van der Waals surface area contributed by atoms with Crippen LogP contribution in [0.5, 0.6) is 0 Å². The van der Waals surface area contributed by atoms with Gasteiger partial charge in [-0.1, -0.05) is 0 Å². The van der Waals surface area contributed by atoms with Crippen molar-refractivity contribution in [3.8, 4) is 0 Å². The number of hydrogen-bond donors (Lipinski definition) is 0. The molecule has 0 aliphatic rings. The quantitative estimate of drug-likeness (QED) is 0.204. The van der Waals surface area contributed by atoms with Crippen LogP contribution in [-0.2, 0) is 78.2 Å². The maximum absolute atomic E-state index is 8.61. The van der Waals surface area contributed by atoms with E-state index < -0.39 is 58.1 Å². The second-order valence-electron chi connectivity index (χ2n) is 1.79. The van der Waals surface area contributed by atoms with Crippen molar-refractivity contribution in [2.45, 2.75) is 0 Å². The molecule has 0 spiro atoms. The van der Waals surface area contributed by atoms with Gasteiger partial charge in [0, 0.05) is 0 Å². The Bertz CT molecular complexity index is 292. The molecule has 0 aromatic rings. The molecule has 23 heteroatoms. The van der Waals surface area contributed by atoms with Crippen LogP contribution in [0.4, 0.5) is 0 Å². The maximum Gasteiger partial charge on any atom is 4.00 e. The van der Waals surface area contributed by atoms with Crippen molar-refractivity contribution in [2.75, 3.05) is 0 Å². The first-order valence-corrected chi connectivity index (χ1v) is 15.2. The average molecular weight is 843 g/mol. The molecule has 23 heavy (non-hydrogen) atoms. The Morgan fingerprint density at radius 3 is 0.304 bits per heavy atom. The molecule has 0 rings (SSSR count). The van der Waals surface area contributed by atoms with Gasteiger partial charge in [-0.25, -0.2) is 0 Å². The molecule has 0 radical (unpaired) electrons. The molecular weight excluding hydrogens is 843 g/mol. The van der Waals surface area contributed by atoms with E-state index in [0.29, 0.717) is 0 Å². The van der Waals surface area contributed by atoms with Crippen LogP contribution in [0.15, 0.2) is 0 Å². The van der Waals surface area contributed by atoms with E-state index in [0.717, 1.165) is 0 Å². The molecule has 0 aliphatic carbocycles. The van der Waals surface area contributed by atoms with E-state index in [2.05, 4.69) is 0 Å². The Morgan fingerprint density at radius 1 is 0.304 bits per heavy atom. The molecule has 134 valence electrons. The Kier molecular flexibility index (Phi) is 38.7. The minimum Gasteiger partial charge on any atom is 4.00 e. The molecule has 0 unspecified atom stereocenters. The second kappa shape index (κ2) is 19.8. The Balaban J connectivity index is -0.0000000284. The van der Waals surface area contributed by atoms with Crippen LogP contribution < -0.4 is 49.1 Å². The SMILES string of the molecule is O=[As]([O-])([O-])[O-].O=[As]([O-])([O-])[O-].O=[As]([O-])([O-])[O-].O=[As]([O-])([O-])[O-].[Mo+4].[Mo+4].[Mo+4]. The fraction of sp³-hybridized carbons (Fsp3) is 0. The van der Waals surface area contributed by atoms with Crippen LogP contribution in [-0.4, -0.2) is 58.1 Å². The molecule has 0 atom stereocenters. The molecule has 0 aliphatic heterocycles. The van der Waals surface area contributed by atoms with E-state index in [4.69, 9.17) is 64.1 Å². The summed E-state index contributed by atoms with van der Waals surface area (Å²) in [4.78, 5) is 0. The van der Waals surface area contributed by atoms with E-state index in [-0.39, 0.29) is 63.2 Å². The zero-order chi connectivity index (χ0) is 18.0. The van der Waals surface area contributed by atoms with Crippen molar-refractivity contribution in [2.24, 2.45) is 0 Å². The largest absolute Gasteiger partial charge is 4.00 e. The summed E-state index contributed by atoms with van der Waals surface area (Å²) in [6.45, 7) is 0. The number of hydrogen-bond acceptors (Lipinski definition) is 16. The van der Waals surface area contributed by atoms with Gasteiger partial charge in [-0.2, -0.15) is 0 Å². The minimum atomic E-state index is -5.88. The monoisotopic (exact) mass is 849 g/mol. The van der Waals surface area contributed by atoms with Crippen LogP contribution in [0.2, 0.25) is 0 Å². The van der Waals surface area contributed by atoms with Gasteiger partial charge >= 0.3 is 185 Å². The first kappa shape index (κ1) is 45.0. The molecule has 0 N–H and O–H groups in total. The van der Waals surface area contributed by atoms with Gasteiger partial charge < -0.3 is 0 Å². The Morgan fingerprint density at radius 2 is 0.304 bits per heavy atom. The van der Waals surface area contributed by atoms with Crippen LogP contribution >= 0.6 is 0 Å². The summed E-state index contributed by atoms with van der Waals surface area (Å²) in [5.74, 6) is 0. The first-order chi connectivity index (χ1) is 8.00. The van der Waals surface area contributed by atoms with Crippen LogP contribution in [0.1, 0.15) is 0 Å². The fourth-order valence-corrected chi connectivity index (χ4v) is 0. The zero-order valence-corrected chi connectivity index (χ0v) is 23.1. The van der Waals surface area contributed by atoms with Crippen LogP contribution in [0.25, 0.3) is 0 Å². The van der Waals surface area contributed by atoms with Gasteiger partial charge in [0.1, 0.15) is 0 Å². The topological polar surface area (TPSA) is 345 Å². The van der Waals surface area contributed by atoms with Gasteiger partial charge in [0.05, 0.1) is 0 Å². The summed E-state index contributed by atoms with van der Waals surface area (Å²) in [6, 6.07) is 0. The van der Waals surface area contributed by atoms with Crippen molar-refractivity contribution in [1.82, 2.24) is 0 Å². The molecule has 0 amide bonds. The molecule has 0 bridgehead atoms. The van der Waals surface area contributed by atoms with Crippen molar-refractivity contribution in [3.05, 3.63) is 0 Å². The molecular formula is As4Mo3O16. The molecule has 0 saturated carbocycles. The van der Waals surface area contributed by atoms with Crippen LogP contribution in [0.3, 0.4) is 0 Å². The van der Waals surface area contributed by atoms with E-state index in [1.54, 1.807) is 0 Å². The normalized spacial score (nSPS) is 10.3. The van der Waals surface area contributed by atoms with Crippen LogP contribution in [0, 0.1) is 0 Å². The summed E-state index contributed by atoms with van der Waals surface area (Å²) in [6.07, 6.45) is 0. The second-order valence-corrected chi connectivity index (χ2v) is 9.30. The summed E-state index contributed by atoms with van der Waals surface area (Å²) in [5, 5.41) is 0. The molecule has 0 aromatic heterocycles. The first-order valence-electron chi connectivity index (χ1n) is 2.92. The van der Waals surface area contributed by atoms with E-state index in [9.17, 15) is 0 Å². The predicted molar refractivity (Wildman–Crippen MR) is 25.8 cm³/mol. The number of rotatable bonds is 0. The average Bonchev–Trinajstić information content (AvgIpc) is 1.62. The Hall–Kier alpha value is 3.02. The van der Waals surface area contributed by atoms with Gasteiger partial charge in [-0.05, 0) is 0 Å². The molecule has 0 fully saturated rings. The summed E-state index contributed by atoms with van der Waals surface area (Å²) in [5.41, 5.74) is 0. The van der Waals surface area contributed by atoms with Gasteiger partial charge in [-0.3, -0.25) is 0 Å². The third-order valence-electron chi connectivity index (χ3n) is 0. The molecule has 0 aromatic carbocycles.